The maximum Gasteiger partial charge on any atom is 0.390 e. The second-order valence-corrected chi connectivity index (χ2v) is 4.21. The Bertz CT molecular complexity index is 341. The quantitative estimate of drug-likeness (QED) is 0.867. The fourth-order valence-electron chi connectivity index (χ4n) is 1.39. The highest BCUT2D eigenvalue weighted by molar-refractivity contribution is 5.10. The molecule has 0 atom stereocenters. The van der Waals surface area contributed by atoms with Crippen molar-refractivity contribution in [2.24, 2.45) is 0 Å². The number of alkyl halides is 3. The number of halogens is 3. The summed E-state index contributed by atoms with van der Waals surface area (Å²) in [7, 11) is 1.76. The van der Waals surface area contributed by atoms with Gasteiger partial charge < -0.3 is 9.88 Å². The number of aryl methyl sites for hydroxylation is 1. The minimum atomic E-state index is -4.13. The molecule has 16 heavy (non-hydrogen) atoms. The molecule has 0 radical (unpaired) electrons. The summed E-state index contributed by atoms with van der Waals surface area (Å²) in [5.41, 5.74) is 0.362. The predicted molar refractivity (Wildman–Crippen MR) is 55.0 cm³/mol. The molecule has 0 aliphatic carbocycles. The van der Waals surface area contributed by atoms with Crippen LogP contribution in [0.3, 0.4) is 0 Å². The van der Waals surface area contributed by atoms with Crippen LogP contribution in [0.5, 0.6) is 0 Å². The normalized spacial score (nSPS) is 13.1. The van der Waals surface area contributed by atoms with E-state index in [1.165, 1.54) is 10.9 Å². The highest BCUT2D eigenvalue weighted by atomic mass is 19.4. The van der Waals surface area contributed by atoms with Crippen molar-refractivity contribution in [2.45, 2.75) is 38.5 Å². The maximum atomic E-state index is 12.1. The Morgan fingerprint density at radius 3 is 2.50 bits per heavy atom. The van der Waals surface area contributed by atoms with Gasteiger partial charge >= 0.3 is 6.18 Å². The maximum absolute atomic E-state index is 12.1. The van der Waals surface area contributed by atoms with Crippen LogP contribution in [0, 0.1) is 0 Å². The van der Waals surface area contributed by atoms with Crippen LogP contribution in [-0.4, -0.2) is 22.8 Å². The summed E-state index contributed by atoms with van der Waals surface area (Å²) in [6.07, 6.45) is -1.95. The summed E-state index contributed by atoms with van der Waals surface area (Å²) in [6, 6.07) is 0. The van der Waals surface area contributed by atoms with E-state index in [1.807, 2.05) is 13.8 Å². The van der Waals surface area contributed by atoms with Gasteiger partial charge in [0.15, 0.2) is 0 Å². The van der Waals surface area contributed by atoms with E-state index in [1.54, 1.807) is 13.2 Å². The molecule has 0 saturated carbocycles. The summed E-state index contributed by atoms with van der Waals surface area (Å²) in [5.74, 6) is 0. The largest absolute Gasteiger partial charge is 0.390 e. The Kier molecular flexibility index (Phi) is 3.62. The van der Waals surface area contributed by atoms with Crippen molar-refractivity contribution in [3.63, 3.8) is 0 Å². The number of imidazole rings is 1. The van der Waals surface area contributed by atoms with E-state index >= 15 is 0 Å². The van der Waals surface area contributed by atoms with Crippen LogP contribution in [-0.2, 0) is 12.1 Å². The van der Waals surface area contributed by atoms with Crippen molar-refractivity contribution >= 4 is 0 Å². The third-order valence-electron chi connectivity index (χ3n) is 2.61. The van der Waals surface area contributed by atoms with Crippen LogP contribution >= 0.6 is 0 Å². The first-order chi connectivity index (χ1) is 7.26. The number of nitrogens with one attached hydrogen (secondary N) is 1. The Balaban J connectivity index is 2.79. The topological polar surface area (TPSA) is 29.9 Å². The molecule has 3 nitrogen and oxygen atoms in total. The molecule has 6 heteroatoms. The second-order valence-electron chi connectivity index (χ2n) is 4.21. The Labute approximate surface area is 92.7 Å². The Morgan fingerprint density at radius 2 is 2.00 bits per heavy atom. The molecule has 1 aromatic heterocycles. The van der Waals surface area contributed by atoms with Crippen molar-refractivity contribution in [1.82, 2.24) is 14.9 Å². The van der Waals surface area contributed by atoms with E-state index in [0.29, 0.717) is 0 Å². The van der Waals surface area contributed by atoms with Gasteiger partial charge in [-0.3, -0.25) is 0 Å². The number of rotatable bonds is 4. The molecule has 0 unspecified atom stereocenters. The van der Waals surface area contributed by atoms with Gasteiger partial charge in [0.25, 0.3) is 0 Å². The summed E-state index contributed by atoms with van der Waals surface area (Å²) in [5, 5.41) is 3.04. The van der Waals surface area contributed by atoms with Crippen molar-refractivity contribution in [2.75, 3.05) is 7.05 Å². The Morgan fingerprint density at radius 1 is 1.38 bits per heavy atom. The Hall–Kier alpha value is -1.04. The lowest BCUT2D eigenvalue weighted by Gasteiger charge is -2.25. The van der Waals surface area contributed by atoms with Gasteiger partial charge in [0, 0.05) is 12.7 Å². The lowest BCUT2D eigenvalue weighted by atomic mass is 10.0. The van der Waals surface area contributed by atoms with Crippen LogP contribution in [0.25, 0.3) is 0 Å². The first-order valence-corrected chi connectivity index (χ1v) is 5.02. The van der Waals surface area contributed by atoms with Crippen molar-refractivity contribution in [3.05, 3.63) is 18.2 Å². The van der Waals surface area contributed by atoms with Crippen molar-refractivity contribution in [3.8, 4) is 0 Å². The number of hydrogen-bond donors (Lipinski definition) is 1. The highest BCUT2D eigenvalue weighted by Gasteiger charge is 2.28. The van der Waals surface area contributed by atoms with Crippen LogP contribution < -0.4 is 5.32 Å². The molecule has 0 spiro atoms. The summed E-state index contributed by atoms with van der Waals surface area (Å²) >= 11 is 0. The van der Waals surface area contributed by atoms with Crippen molar-refractivity contribution in [1.29, 1.82) is 0 Å². The molecular formula is C10H16F3N3. The van der Waals surface area contributed by atoms with E-state index in [9.17, 15) is 13.2 Å². The summed E-state index contributed by atoms with van der Waals surface area (Å²) in [4.78, 5) is 3.89. The lowest BCUT2D eigenvalue weighted by molar-refractivity contribution is -0.136. The molecule has 1 aromatic rings. The third kappa shape index (κ3) is 3.23. The number of hydrogen-bond acceptors (Lipinski definition) is 2. The molecule has 0 amide bonds. The molecule has 0 fully saturated rings. The molecule has 0 aromatic carbocycles. The molecule has 0 bridgehead atoms. The van der Waals surface area contributed by atoms with Gasteiger partial charge in [-0.05, 0) is 20.9 Å². The van der Waals surface area contributed by atoms with E-state index < -0.39 is 12.6 Å². The highest BCUT2D eigenvalue weighted by Crippen LogP contribution is 2.23. The van der Waals surface area contributed by atoms with E-state index in [-0.39, 0.29) is 12.1 Å². The molecule has 0 aliphatic heterocycles. The van der Waals surface area contributed by atoms with Gasteiger partial charge in [-0.1, -0.05) is 0 Å². The number of aromatic nitrogens is 2. The first-order valence-electron chi connectivity index (χ1n) is 5.02. The molecule has 1 rings (SSSR count). The average molecular weight is 235 g/mol. The fraction of sp³-hybridized carbons (Fsp3) is 0.700. The van der Waals surface area contributed by atoms with Crippen LogP contribution in [0.15, 0.2) is 12.5 Å². The lowest BCUT2D eigenvalue weighted by Crippen LogP contribution is -2.35. The predicted octanol–water partition coefficient (Wildman–Crippen LogP) is 2.29. The smallest absolute Gasteiger partial charge is 0.333 e. The van der Waals surface area contributed by atoms with Crippen LogP contribution in [0.4, 0.5) is 13.2 Å². The van der Waals surface area contributed by atoms with Gasteiger partial charge in [0.2, 0.25) is 0 Å². The average Bonchev–Trinajstić information content (AvgIpc) is 2.62. The van der Waals surface area contributed by atoms with Gasteiger partial charge in [-0.2, -0.15) is 13.2 Å². The monoisotopic (exact) mass is 235 g/mol. The molecule has 0 saturated heterocycles. The van der Waals surface area contributed by atoms with Crippen LogP contribution in [0.1, 0.15) is 26.0 Å². The zero-order valence-electron chi connectivity index (χ0n) is 9.60. The number of nitrogens with zero attached hydrogens (tertiary/aromatic N) is 2. The van der Waals surface area contributed by atoms with E-state index in [0.717, 1.165) is 5.69 Å². The van der Waals surface area contributed by atoms with Crippen molar-refractivity contribution < 1.29 is 13.2 Å². The van der Waals surface area contributed by atoms with Gasteiger partial charge in [0.1, 0.15) is 0 Å². The van der Waals surface area contributed by atoms with Gasteiger partial charge in [-0.25, -0.2) is 4.98 Å². The molecule has 0 aliphatic rings. The van der Waals surface area contributed by atoms with Gasteiger partial charge in [-0.15, -0.1) is 0 Å². The minimum Gasteiger partial charge on any atom is -0.333 e. The molecular weight excluding hydrogens is 219 g/mol. The fourth-order valence-corrected chi connectivity index (χ4v) is 1.39. The zero-order valence-corrected chi connectivity index (χ0v) is 9.60. The zero-order chi connectivity index (χ0) is 12.4. The van der Waals surface area contributed by atoms with Gasteiger partial charge in [0.05, 0.1) is 24.0 Å². The van der Waals surface area contributed by atoms with E-state index in [4.69, 9.17) is 0 Å². The first kappa shape index (κ1) is 13.0. The summed E-state index contributed by atoms with van der Waals surface area (Å²) < 4.78 is 37.9. The van der Waals surface area contributed by atoms with Crippen LogP contribution in [0.2, 0.25) is 0 Å². The standard InChI is InChI=1S/C10H16F3N3/c1-9(2,14-3)8-6-15-7-16(8)5-4-10(11,12)13/h6-7,14H,4-5H2,1-3H3. The minimum absolute atomic E-state index is 0.0933. The second kappa shape index (κ2) is 4.45. The molecule has 1 N–H and O–H groups in total. The third-order valence-corrected chi connectivity index (χ3v) is 2.61. The molecule has 92 valence electrons. The SMILES string of the molecule is CNC(C)(C)c1cncn1CCC(F)(F)F. The van der Waals surface area contributed by atoms with E-state index in [2.05, 4.69) is 10.3 Å². The summed E-state index contributed by atoms with van der Waals surface area (Å²) in [6.45, 7) is 3.70. The molecule has 1 heterocycles.